The number of hydrogen-bond acceptors (Lipinski definition) is 7. The van der Waals surface area contributed by atoms with Crippen molar-refractivity contribution in [1.29, 1.82) is 0 Å². The van der Waals surface area contributed by atoms with Crippen molar-refractivity contribution in [3.8, 4) is 10.6 Å². The second-order valence-corrected chi connectivity index (χ2v) is 7.27. The van der Waals surface area contributed by atoms with Gasteiger partial charge in [0.1, 0.15) is 0 Å². The molecule has 118 valence electrons. The van der Waals surface area contributed by atoms with E-state index in [1.165, 1.54) is 24.2 Å². The standard InChI is InChI=1S/C15H15N5OS2/c16-19-14(21)9-8-10(11-4-3-7-22-11)17-13-12(9)23-15(18-13)20-5-1-2-6-20/h3-4,7-8H,1-2,5-6,16H2,(H,19,21). The van der Waals surface area contributed by atoms with Crippen LogP contribution in [0.25, 0.3) is 20.9 Å². The monoisotopic (exact) mass is 345 g/mol. The van der Waals surface area contributed by atoms with E-state index in [0.717, 1.165) is 33.5 Å². The van der Waals surface area contributed by atoms with Gasteiger partial charge in [0.15, 0.2) is 10.8 Å². The Morgan fingerprint density at radius 1 is 1.30 bits per heavy atom. The smallest absolute Gasteiger partial charge is 0.266 e. The van der Waals surface area contributed by atoms with Crippen LogP contribution in [0.4, 0.5) is 5.13 Å². The summed E-state index contributed by atoms with van der Waals surface area (Å²) in [4.78, 5) is 24.8. The van der Waals surface area contributed by atoms with Gasteiger partial charge in [-0.25, -0.2) is 10.8 Å². The highest BCUT2D eigenvalue weighted by atomic mass is 32.1. The molecule has 1 aliphatic rings. The number of hydrogen-bond donors (Lipinski definition) is 2. The topological polar surface area (TPSA) is 84.1 Å². The molecule has 1 fully saturated rings. The van der Waals surface area contributed by atoms with Crippen LogP contribution in [0.3, 0.4) is 0 Å². The third kappa shape index (κ3) is 2.58. The molecule has 0 atom stereocenters. The quantitative estimate of drug-likeness (QED) is 0.433. The Morgan fingerprint density at radius 3 is 2.83 bits per heavy atom. The Labute approximate surface area is 140 Å². The Hall–Kier alpha value is -2.03. The van der Waals surface area contributed by atoms with Gasteiger partial charge in [0.25, 0.3) is 5.91 Å². The van der Waals surface area contributed by atoms with E-state index in [-0.39, 0.29) is 5.91 Å². The molecule has 3 aromatic heterocycles. The number of hydrazine groups is 1. The van der Waals surface area contributed by atoms with E-state index in [1.54, 1.807) is 17.4 Å². The van der Waals surface area contributed by atoms with Gasteiger partial charge in [-0.2, -0.15) is 4.98 Å². The number of thiazole rings is 1. The fraction of sp³-hybridized carbons (Fsp3) is 0.267. The van der Waals surface area contributed by atoms with Crippen molar-refractivity contribution in [2.24, 2.45) is 5.84 Å². The number of carbonyl (C=O) groups is 1. The zero-order valence-electron chi connectivity index (χ0n) is 12.3. The van der Waals surface area contributed by atoms with Crippen LogP contribution in [0.2, 0.25) is 0 Å². The molecule has 0 spiro atoms. The Bertz CT molecular complexity index is 852. The van der Waals surface area contributed by atoms with Crippen LogP contribution >= 0.6 is 22.7 Å². The van der Waals surface area contributed by atoms with E-state index in [2.05, 4.69) is 20.3 Å². The van der Waals surface area contributed by atoms with Gasteiger partial charge in [0.05, 0.1) is 20.8 Å². The average Bonchev–Trinajstić information content (AvgIpc) is 3.33. The highest BCUT2D eigenvalue weighted by Gasteiger charge is 2.21. The highest BCUT2D eigenvalue weighted by molar-refractivity contribution is 7.22. The normalized spacial score (nSPS) is 14.6. The van der Waals surface area contributed by atoms with Crippen molar-refractivity contribution >= 4 is 44.1 Å². The zero-order valence-corrected chi connectivity index (χ0v) is 13.9. The molecule has 0 aromatic carbocycles. The van der Waals surface area contributed by atoms with Crippen LogP contribution in [0.5, 0.6) is 0 Å². The fourth-order valence-electron chi connectivity index (χ4n) is 2.74. The first-order valence-electron chi connectivity index (χ1n) is 7.37. The highest BCUT2D eigenvalue weighted by Crippen LogP contribution is 2.35. The number of anilines is 1. The number of carbonyl (C=O) groups excluding carboxylic acids is 1. The SMILES string of the molecule is NNC(=O)c1cc(-c2cccs2)nc2nc(N3CCCC3)sc12. The van der Waals surface area contributed by atoms with Gasteiger partial charge >= 0.3 is 0 Å². The molecule has 8 heteroatoms. The third-order valence-corrected chi connectivity index (χ3v) is 5.91. The van der Waals surface area contributed by atoms with Crippen LogP contribution < -0.4 is 16.2 Å². The van der Waals surface area contributed by atoms with Gasteiger partial charge in [-0.05, 0) is 30.4 Å². The summed E-state index contributed by atoms with van der Waals surface area (Å²) in [6.07, 6.45) is 2.36. The maximum atomic E-state index is 12.2. The average molecular weight is 345 g/mol. The molecular formula is C15H15N5OS2. The summed E-state index contributed by atoms with van der Waals surface area (Å²) < 4.78 is 0.787. The van der Waals surface area contributed by atoms with Crippen molar-refractivity contribution in [3.63, 3.8) is 0 Å². The van der Waals surface area contributed by atoms with Crippen molar-refractivity contribution in [2.75, 3.05) is 18.0 Å². The maximum absolute atomic E-state index is 12.2. The summed E-state index contributed by atoms with van der Waals surface area (Å²) in [7, 11) is 0. The van der Waals surface area contributed by atoms with Crippen LogP contribution in [-0.2, 0) is 0 Å². The lowest BCUT2D eigenvalue weighted by molar-refractivity contribution is 0.0955. The van der Waals surface area contributed by atoms with Crippen LogP contribution in [0.1, 0.15) is 23.2 Å². The molecule has 6 nitrogen and oxygen atoms in total. The number of nitrogens with zero attached hydrogens (tertiary/aromatic N) is 3. The molecule has 0 bridgehead atoms. The van der Waals surface area contributed by atoms with Gasteiger partial charge in [0.2, 0.25) is 0 Å². The third-order valence-electron chi connectivity index (χ3n) is 3.88. The predicted molar refractivity (Wildman–Crippen MR) is 93.8 cm³/mol. The summed E-state index contributed by atoms with van der Waals surface area (Å²) in [5.74, 6) is 5.04. The van der Waals surface area contributed by atoms with Gasteiger partial charge in [-0.3, -0.25) is 10.2 Å². The summed E-state index contributed by atoms with van der Waals surface area (Å²) >= 11 is 3.09. The number of nitrogen functional groups attached to an aromatic ring is 1. The number of fused-ring (bicyclic) bond motifs is 1. The molecular weight excluding hydrogens is 330 g/mol. The summed E-state index contributed by atoms with van der Waals surface area (Å²) in [6.45, 7) is 2.02. The van der Waals surface area contributed by atoms with Gasteiger partial charge < -0.3 is 4.90 Å². The van der Waals surface area contributed by atoms with Gasteiger partial charge in [0, 0.05) is 13.1 Å². The molecule has 0 saturated carbocycles. The Balaban J connectivity index is 1.89. The van der Waals surface area contributed by atoms with Gasteiger partial charge in [-0.1, -0.05) is 17.4 Å². The predicted octanol–water partition coefficient (Wildman–Crippen LogP) is 2.62. The molecule has 4 heterocycles. The number of nitrogens with two attached hydrogens (primary N) is 1. The number of rotatable bonds is 3. The molecule has 3 aromatic rings. The van der Waals surface area contributed by atoms with E-state index in [9.17, 15) is 4.79 Å². The number of thiophene rings is 1. The molecule has 1 saturated heterocycles. The van der Waals surface area contributed by atoms with Crippen molar-refractivity contribution < 1.29 is 4.79 Å². The van der Waals surface area contributed by atoms with E-state index < -0.39 is 0 Å². The first-order valence-corrected chi connectivity index (χ1v) is 9.07. The number of aromatic nitrogens is 2. The molecule has 1 amide bonds. The van der Waals surface area contributed by atoms with Crippen LogP contribution in [0, 0.1) is 0 Å². The maximum Gasteiger partial charge on any atom is 0.266 e. The van der Waals surface area contributed by atoms with Crippen molar-refractivity contribution in [2.45, 2.75) is 12.8 Å². The van der Waals surface area contributed by atoms with Crippen molar-refractivity contribution in [1.82, 2.24) is 15.4 Å². The van der Waals surface area contributed by atoms with E-state index >= 15 is 0 Å². The summed E-state index contributed by atoms with van der Waals surface area (Å²) in [5.41, 5.74) is 4.12. The lowest BCUT2D eigenvalue weighted by Crippen LogP contribution is -2.30. The van der Waals surface area contributed by atoms with E-state index in [4.69, 9.17) is 5.84 Å². The second-order valence-electron chi connectivity index (χ2n) is 5.35. The lowest BCUT2D eigenvalue weighted by Gasteiger charge is -2.11. The molecule has 23 heavy (non-hydrogen) atoms. The van der Waals surface area contributed by atoms with Gasteiger partial charge in [-0.15, -0.1) is 11.3 Å². The number of nitrogens with one attached hydrogen (secondary N) is 1. The van der Waals surface area contributed by atoms with Crippen LogP contribution in [0.15, 0.2) is 23.6 Å². The van der Waals surface area contributed by atoms with E-state index in [1.807, 2.05) is 17.5 Å². The van der Waals surface area contributed by atoms with Crippen molar-refractivity contribution in [3.05, 3.63) is 29.1 Å². The second kappa shape index (κ2) is 5.88. The molecule has 0 aliphatic carbocycles. The Morgan fingerprint density at radius 2 is 2.13 bits per heavy atom. The Kier molecular flexibility index (Phi) is 3.72. The lowest BCUT2D eigenvalue weighted by atomic mass is 10.2. The largest absolute Gasteiger partial charge is 0.348 e. The molecule has 3 N–H and O–H groups in total. The fourth-order valence-corrected chi connectivity index (χ4v) is 4.50. The minimum atomic E-state index is -0.313. The summed E-state index contributed by atoms with van der Waals surface area (Å²) in [6, 6.07) is 5.74. The first-order chi connectivity index (χ1) is 11.3. The van der Waals surface area contributed by atoms with E-state index in [0.29, 0.717) is 11.2 Å². The number of amides is 1. The molecule has 4 rings (SSSR count). The first kappa shape index (κ1) is 14.6. The molecule has 1 aliphatic heterocycles. The molecule has 0 radical (unpaired) electrons. The van der Waals surface area contributed by atoms with Crippen LogP contribution in [-0.4, -0.2) is 29.0 Å². The zero-order chi connectivity index (χ0) is 15.8. The molecule has 0 unspecified atom stereocenters. The minimum Gasteiger partial charge on any atom is -0.348 e. The number of pyridine rings is 1. The summed E-state index contributed by atoms with van der Waals surface area (Å²) in [5, 5.41) is 2.92. The minimum absolute atomic E-state index is 0.313.